The number of nitrogens with one attached hydrogen (secondary N) is 1. The molecule has 128 valence electrons. The fourth-order valence-corrected chi connectivity index (χ4v) is 2.35. The quantitative estimate of drug-likeness (QED) is 0.778. The Hall–Kier alpha value is -2.37. The molecule has 5 heteroatoms. The maximum absolute atomic E-state index is 12.3. The SMILES string of the molecule is CN(C)Cc1ccc(C(=O)NCc2ccccc2OCCO)cc1. The summed E-state index contributed by atoms with van der Waals surface area (Å²) in [5.41, 5.74) is 2.68. The smallest absolute Gasteiger partial charge is 0.251 e. The second-order valence-electron chi connectivity index (χ2n) is 5.80. The van der Waals surface area contributed by atoms with E-state index in [1.807, 2.05) is 62.6 Å². The highest BCUT2D eigenvalue weighted by atomic mass is 16.5. The van der Waals surface area contributed by atoms with E-state index < -0.39 is 0 Å². The summed E-state index contributed by atoms with van der Waals surface area (Å²) in [5, 5.41) is 11.8. The Bertz CT molecular complexity index is 654. The molecule has 0 aromatic heterocycles. The highest BCUT2D eigenvalue weighted by molar-refractivity contribution is 5.94. The van der Waals surface area contributed by atoms with Gasteiger partial charge in [0, 0.05) is 24.2 Å². The lowest BCUT2D eigenvalue weighted by Gasteiger charge is -2.12. The molecule has 0 aliphatic rings. The van der Waals surface area contributed by atoms with Crippen LogP contribution in [0.3, 0.4) is 0 Å². The van der Waals surface area contributed by atoms with Crippen molar-refractivity contribution in [1.82, 2.24) is 10.2 Å². The van der Waals surface area contributed by atoms with E-state index in [4.69, 9.17) is 9.84 Å². The molecule has 0 unspecified atom stereocenters. The summed E-state index contributed by atoms with van der Waals surface area (Å²) in [6, 6.07) is 15.1. The Morgan fingerprint density at radius 3 is 2.50 bits per heavy atom. The van der Waals surface area contributed by atoms with Crippen molar-refractivity contribution in [3.63, 3.8) is 0 Å². The van der Waals surface area contributed by atoms with Crippen molar-refractivity contribution in [2.75, 3.05) is 27.3 Å². The summed E-state index contributed by atoms with van der Waals surface area (Å²) in [6.07, 6.45) is 0. The zero-order valence-corrected chi connectivity index (χ0v) is 14.2. The largest absolute Gasteiger partial charge is 0.491 e. The first-order chi connectivity index (χ1) is 11.6. The fraction of sp³-hybridized carbons (Fsp3) is 0.316. The van der Waals surface area contributed by atoms with Gasteiger partial charge in [-0.05, 0) is 37.9 Å². The van der Waals surface area contributed by atoms with Crippen LogP contribution in [0.1, 0.15) is 21.5 Å². The minimum Gasteiger partial charge on any atom is -0.491 e. The van der Waals surface area contributed by atoms with Crippen LogP contribution < -0.4 is 10.1 Å². The van der Waals surface area contributed by atoms with Crippen LogP contribution in [0, 0.1) is 0 Å². The number of carbonyl (C=O) groups excluding carboxylic acids is 1. The Morgan fingerprint density at radius 1 is 1.12 bits per heavy atom. The number of aliphatic hydroxyl groups excluding tert-OH is 1. The summed E-state index contributed by atoms with van der Waals surface area (Å²) < 4.78 is 5.47. The predicted molar refractivity (Wildman–Crippen MR) is 94.0 cm³/mol. The van der Waals surface area contributed by atoms with Crippen molar-refractivity contribution in [3.8, 4) is 5.75 Å². The van der Waals surface area contributed by atoms with Gasteiger partial charge in [0.05, 0.1) is 6.61 Å². The molecule has 5 nitrogen and oxygen atoms in total. The third-order valence-electron chi connectivity index (χ3n) is 3.48. The number of nitrogens with zero attached hydrogens (tertiary/aromatic N) is 1. The predicted octanol–water partition coefficient (Wildman–Crippen LogP) is 2.05. The standard InChI is InChI=1S/C19H24N2O3/c1-21(2)14-15-7-9-16(10-8-15)19(23)20-13-17-5-3-4-6-18(17)24-12-11-22/h3-10,22H,11-14H2,1-2H3,(H,20,23). The zero-order valence-electron chi connectivity index (χ0n) is 14.2. The van der Waals surface area contributed by atoms with Crippen LogP contribution in [0.25, 0.3) is 0 Å². The van der Waals surface area contributed by atoms with Crippen LogP contribution in [0.5, 0.6) is 5.75 Å². The van der Waals surface area contributed by atoms with Crippen molar-refractivity contribution < 1.29 is 14.6 Å². The second-order valence-corrected chi connectivity index (χ2v) is 5.80. The van der Waals surface area contributed by atoms with E-state index in [1.54, 1.807) is 0 Å². The third kappa shape index (κ3) is 5.37. The van der Waals surface area contributed by atoms with E-state index >= 15 is 0 Å². The molecule has 0 atom stereocenters. The van der Waals surface area contributed by atoms with E-state index in [-0.39, 0.29) is 19.1 Å². The molecule has 0 fully saturated rings. The lowest BCUT2D eigenvalue weighted by Crippen LogP contribution is -2.23. The first kappa shape index (κ1) is 18.0. The number of ether oxygens (including phenoxy) is 1. The molecule has 0 spiro atoms. The molecule has 1 amide bonds. The molecule has 2 N–H and O–H groups in total. The van der Waals surface area contributed by atoms with Crippen molar-refractivity contribution in [1.29, 1.82) is 0 Å². The molecule has 0 radical (unpaired) electrons. The molecule has 0 heterocycles. The first-order valence-electron chi connectivity index (χ1n) is 7.93. The Morgan fingerprint density at radius 2 is 1.83 bits per heavy atom. The summed E-state index contributed by atoms with van der Waals surface area (Å²) in [7, 11) is 4.02. The second kappa shape index (κ2) is 9.05. The Balaban J connectivity index is 1.95. The van der Waals surface area contributed by atoms with Gasteiger partial charge in [-0.2, -0.15) is 0 Å². The fourth-order valence-electron chi connectivity index (χ4n) is 2.35. The summed E-state index contributed by atoms with van der Waals surface area (Å²) in [4.78, 5) is 14.4. The minimum absolute atomic E-state index is 0.0417. The highest BCUT2D eigenvalue weighted by Gasteiger charge is 2.08. The molecule has 0 aliphatic carbocycles. The highest BCUT2D eigenvalue weighted by Crippen LogP contribution is 2.17. The van der Waals surface area contributed by atoms with Crippen LogP contribution in [-0.2, 0) is 13.1 Å². The molecule has 24 heavy (non-hydrogen) atoms. The lowest BCUT2D eigenvalue weighted by molar-refractivity contribution is 0.0950. The van der Waals surface area contributed by atoms with Crippen LogP contribution in [0.2, 0.25) is 0 Å². The molecule has 0 aliphatic heterocycles. The van der Waals surface area contributed by atoms with Gasteiger partial charge in [-0.3, -0.25) is 4.79 Å². The summed E-state index contributed by atoms with van der Waals surface area (Å²) in [5.74, 6) is 0.552. The van der Waals surface area contributed by atoms with E-state index in [2.05, 4.69) is 10.2 Å². The number of rotatable bonds is 8. The molecule has 0 saturated heterocycles. The minimum atomic E-state index is -0.122. The van der Waals surface area contributed by atoms with Gasteiger partial charge >= 0.3 is 0 Å². The summed E-state index contributed by atoms with van der Waals surface area (Å²) in [6.45, 7) is 1.41. The van der Waals surface area contributed by atoms with Crippen LogP contribution in [-0.4, -0.2) is 43.2 Å². The van der Waals surface area contributed by atoms with E-state index in [9.17, 15) is 4.79 Å². The van der Waals surface area contributed by atoms with Crippen LogP contribution >= 0.6 is 0 Å². The van der Waals surface area contributed by atoms with E-state index in [1.165, 1.54) is 5.56 Å². The number of carbonyl (C=O) groups is 1. The molecule has 2 aromatic rings. The average molecular weight is 328 g/mol. The number of amides is 1. The normalized spacial score (nSPS) is 10.7. The number of aliphatic hydroxyl groups is 1. The van der Waals surface area contributed by atoms with Gasteiger partial charge in [-0.15, -0.1) is 0 Å². The molecular formula is C19H24N2O3. The maximum atomic E-state index is 12.3. The molecule has 2 rings (SSSR count). The van der Waals surface area contributed by atoms with Crippen LogP contribution in [0.15, 0.2) is 48.5 Å². The number of benzene rings is 2. The average Bonchev–Trinajstić information content (AvgIpc) is 2.58. The lowest BCUT2D eigenvalue weighted by atomic mass is 10.1. The van der Waals surface area contributed by atoms with Crippen LogP contribution in [0.4, 0.5) is 0 Å². The van der Waals surface area contributed by atoms with Gasteiger partial charge in [-0.25, -0.2) is 0 Å². The van der Waals surface area contributed by atoms with Gasteiger partial charge in [0.25, 0.3) is 5.91 Å². The van der Waals surface area contributed by atoms with Crippen molar-refractivity contribution in [2.24, 2.45) is 0 Å². The zero-order chi connectivity index (χ0) is 17.4. The monoisotopic (exact) mass is 328 g/mol. The maximum Gasteiger partial charge on any atom is 0.251 e. The van der Waals surface area contributed by atoms with E-state index in [0.29, 0.717) is 17.9 Å². The first-order valence-corrected chi connectivity index (χ1v) is 7.93. The number of para-hydroxylation sites is 1. The number of hydrogen-bond acceptors (Lipinski definition) is 4. The number of hydrogen-bond donors (Lipinski definition) is 2. The molecule has 0 bridgehead atoms. The van der Waals surface area contributed by atoms with Gasteiger partial charge in [0.2, 0.25) is 0 Å². The van der Waals surface area contributed by atoms with Gasteiger partial charge in [0.1, 0.15) is 12.4 Å². The van der Waals surface area contributed by atoms with E-state index in [0.717, 1.165) is 12.1 Å². The Labute approximate surface area is 142 Å². The van der Waals surface area contributed by atoms with Crippen molar-refractivity contribution >= 4 is 5.91 Å². The molecule has 0 saturated carbocycles. The van der Waals surface area contributed by atoms with Gasteiger partial charge in [-0.1, -0.05) is 30.3 Å². The third-order valence-corrected chi connectivity index (χ3v) is 3.48. The summed E-state index contributed by atoms with van der Waals surface area (Å²) >= 11 is 0. The Kier molecular flexibility index (Phi) is 6.78. The van der Waals surface area contributed by atoms with Gasteiger partial charge < -0.3 is 20.1 Å². The van der Waals surface area contributed by atoms with Crippen molar-refractivity contribution in [3.05, 3.63) is 65.2 Å². The van der Waals surface area contributed by atoms with Gasteiger partial charge in [0.15, 0.2) is 0 Å². The molecule has 2 aromatic carbocycles. The van der Waals surface area contributed by atoms with Crippen molar-refractivity contribution in [2.45, 2.75) is 13.1 Å². The molecular weight excluding hydrogens is 304 g/mol. The topological polar surface area (TPSA) is 61.8 Å².